The van der Waals surface area contributed by atoms with Crippen LogP contribution in [0, 0.1) is 13.8 Å². The maximum absolute atomic E-state index is 13.8. The summed E-state index contributed by atoms with van der Waals surface area (Å²) in [5, 5.41) is 0. The number of alkyl halides is 3. The second-order valence-corrected chi connectivity index (χ2v) is 10.8. The van der Waals surface area contributed by atoms with E-state index in [0.29, 0.717) is 22.8 Å². The van der Waals surface area contributed by atoms with Crippen LogP contribution in [0.1, 0.15) is 41.1 Å². The van der Waals surface area contributed by atoms with Crippen molar-refractivity contribution in [2.24, 2.45) is 0 Å². The lowest BCUT2D eigenvalue weighted by atomic mass is 10.0. The van der Waals surface area contributed by atoms with Gasteiger partial charge in [0.05, 0.1) is 6.54 Å². The van der Waals surface area contributed by atoms with Gasteiger partial charge in [-0.05, 0) is 69.6 Å². The van der Waals surface area contributed by atoms with Crippen molar-refractivity contribution in [2.45, 2.75) is 45.5 Å². The summed E-state index contributed by atoms with van der Waals surface area (Å²) in [4.78, 5) is 15.9. The lowest BCUT2D eigenvalue weighted by Gasteiger charge is -2.41. The number of halogens is 3. The average Bonchev–Trinajstić information content (AvgIpc) is 3.25. The molecule has 0 unspecified atom stereocenters. The summed E-state index contributed by atoms with van der Waals surface area (Å²) < 4.78 is 42.5. The molecule has 0 atom stereocenters. The molecule has 38 heavy (non-hydrogen) atoms. The van der Waals surface area contributed by atoms with Gasteiger partial charge in [-0.25, -0.2) is 9.97 Å². The fraction of sp³-hybridized carbons (Fsp3) is 0.517. The van der Waals surface area contributed by atoms with E-state index in [1.807, 2.05) is 24.3 Å². The quantitative estimate of drug-likeness (QED) is 0.460. The number of nitrogens with zero attached hydrogens (tertiary/aromatic N) is 6. The summed E-state index contributed by atoms with van der Waals surface area (Å²) >= 11 is 0. The summed E-state index contributed by atoms with van der Waals surface area (Å²) in [6, 6.07) is 10.2. The molecule has 2 fully saturated rings. The van der Waals surface area contributed by atoms with Crippen molar-refractivity contribution in [1.82, 2.24) is 29.2 Å². The van der Waals surface area contributed by atoms with Crippen LogP contribution in [0.25, 0.3) is 17.2 Å². The van der Waals surface area contributed by atoms with Gasteiger partial charge in [-0.2, -0.15) is 13.2 Å². The molecule has 0 spiro atoms. The highest BCUT2D eigenvalue weighted by molar-refractivity contribution is 5.76. The summed E-state index contributed by atoms with van der Waals surface area (Å²) in [7, 11) is 2.20. The molecule has 0 amide bonds. The maximum atomic E-state index is 13.8. The highest BCUT2D eigenvalue weighted by Gasteiger charge is 2.38. The molecule has 4 heterocycles. The van der Waals surface area contributed by atoms with Gasteiger partial charge in [0.15, 0.2) is 5.65 Å². The minimum atomic E-state index is -4.55. The van der Waals surface area contributed by atoms with Gasteiger partial charge >= 0.3 is 6.18 Å². The molecule has 0 saturated carbocycles. The monoisotopic (exact) mass is 526 g/mol. The first-order valence-corrected chi connectivity index (χ1v) is 13.5. The molecule has 2 saturated heterocycles. The van der Waals surface area contributed by atoms with Gasteiger partial charge in [-0.3, -0.25) is 9.80 Å². The minimum Gasteiger partial charge on any atom is -0.304 e. The minimum absolute atomic E-state index is 0.0630. The fourth-order valence-electron chi connectivity index (χ4n) is 5.68. The molecule has 204 valence electrons. The smallest absolute Gasteiger partial charge is 0.304 e. The summed E-state index contributed by atoms with van der Waals surface area (Å²) in [5.74, 6) is -0.908. The number of hydrogen-bond acceptors (Lipinski definition) is 5. The Labute approximate surface area is 222 Å². The van der Waals surface area contributed by atoms with Gasteiger partial charge in [0.1, 0.15) is 5.52 Å². The van der Waals surface area contributed by atoms with Crippen LogP contribution < -0.4 is 0 Å². The predicted octanol–water partition coefficient (Wildman–Crippen LogP) is 4.84. The molecule has 6 nitrogen and oxygen atoms in total. The van der Waals surface area contributed by atoms with E-state index < -0.39 is 12.0 Å². The first kappa shape index (κ1) is 26.8. The van der Waals surface area contributed by atoms with Crippen LogP contribution in [0.2, 0.25) is 0 Å². The number of likely N-dealkylation sites (N-methyl/N-ethyl adjacent to an activating group) is 1. The highest BCUT2D eigenvalue weighted by atomic mass is 19.4. The zero-order valence-corrected chi connectivity index (χ0v) is 22.5. The third kappa shape index (κ3) is 6.11. The van der Waals surface area contributed by atoms with Crippen LogP contribution in [0.5, 0.6) is 0 Å². The number of pyridine rings is 1. The number of imidazole rings is 1. The number of piperidine rings is 1. The fourth-order valence-corrected chi connectivity index (χ4v) is 5.68. The largest absolute Gasteiger partial charge is 0.449 e. The summed E-state index contributed by atoms with van der Waals surface area (Å²) in [6.07, 6.45) is 2.18. The average molecular weight is 527 g/mol. The molecule has 0 bridgehead atoms. The lowest BCUT2D eigenvalue weighted by molar-refractivity contribution is -0.146. The molecule has 2 aromatic heterocycles. The van der Waals surface area contributed by atoms with Crippen molar-refractivity contribution in [3.63, 3.8) is 0 Å². The third-order valence-electron chi connectivity index (χ3n) is 7.88. The van der Waals surface area contributed by atoms with Crippen LogP contribution in [-0.4, -0.2) is 88.1 Å². The van der Waals surface area contributed by atoms with Gasteiger partial charge in [0, 0.05) is 44.5 Å². The Morgan fingerprint density at radius 3 is 2.29 bits per heavy atom. The van der Waals surface area contributed by atoms with Crippen molar-refractivity contribution in [3.8, 4) is 0 Å². The second-order valence-electron chi connectivity index (χ2n) is 10.8. The number of rotatable bonds is 6. The van der Waals surface area contributed by atoms with Gasteiger partial charge in [0.25, 0.3) is 0 Å². The van der Waals surface area contributed by atoms with Crippen molar-refractivity contribution >= 4 is 17.2 Å². The van der Waals surface area contributed by atoms with Gasteiger partial charge < -0.3 is 9.47 Å². The Kier molecular flexibility index (Phi) is 7.88. The standard InChI is InChI=1S/C29H37F3N6/c1-21-19-22(2)33-27-26(21)34-28(29(30,31)32)38(27)20-24-8-6-23(7-9-24)5-4-12-36-13-10-25(11-14-36)37-17-15-35(3)16-18-37/h4-9,19,25H,10-18,20H2,1-3H3. The number of fused-ring (bicyclic) bond motifs is 1. The highest BCUT2D eigenvalue weighted by Crippen LogP contribution is 2.32. The van der Waals surface area contributed by atoms with E-state index in [-0.39, 0.29) is 12.2 Å². The molecule has 2 aliphatic rings. The Morgan fingerprint density at radius 1 is 0.947 bits per heavy atom. The van der Waals surface area contributed by atoms with Crippen molar-refractivity contribution in [1.29, 1.82) is 0 Å². The van der Waals surface area contributed by atoms with Crippen molar-refractivity contribution in [3.05, 3.63) is 64.6 Å². The van der Waals surface area contributed by atoms with E-state index in [9.17, 15) is 13.2 Å². The molecular formula is C29H37F3N6. The Hall–Kier alpha value is -2.75. The van der Waals surface area contributed by atoms with Gasteiger partial charge in [-0.1, -0.05) is 36.4 Å². The second kappa shape index (κ2) is 11.2. The van der Waals surface area contributed by atoms with Crippen LogP contribution in [0.15, 0.2) is 36.4 Å². The van der Waals surface area contributed by atoms with Crippen LogP contribution in [-0.2, 0) is 12.7 Å². The van der Waals surface area contributed by atoms with E-state index in [1.54, 1.807) is 19.9 Å². The number of benzene rings is 1. The molecule has 0 aliphatic carbocycles. The van der Waals surface area contributed by atoms with Crippen LogP contribution in [0.4, 0.5) is 13.2 Å². The number of aromatic nitrogens is 3. The van der Waals surface area contributed by atoms with E-state index in [4.69, 9.17) is 0 Å². The summed E-state index contributed by atoms with van der Waals surface area (Å²) in [6.45, 7) is 11.5. The first-order chi connectivity index (χ1) is 18.2. The van der Waals surface area contributed by atoms with E-state index in [1.165, 1.54) is 43.6 Å². The Bertz CT molecular complexity index is 1260. The number of piperazine rings is 1. The molecule has 9 heteroatoms. The molecular weight excluding hydrogens is 489 g/mol. The zero-order chi connectivity index (χ0) is 26.9. The predicted molar refractivity (Wildman–Crippen MR) is 145 cm³/mol. The van der Waals surface area contributed by atoms with Gasteiger partial charge in [-0.15, -0.1) is 0 Å². The van der Waals surface area contributed by atoms with E-state index >= 15 is 0 Å². The zero-order valence-electron chi connectivity index (χ0n) is 22.5. The third-order valence-corrected chi connectivity index (χ3v) is 7.88. The topological polar surface area (TPSA) is 40.4 Å². The molecule has 0 N–H and O–H groups in total. The normalized spacial score (nSPS) is 19.2. The van der Waals surface area contributed by atoms with Crippen LogP contribution in [0.3, 0.4) is 0 Å². The Morgan fingerprint density at radius 2 is 1.63 bits per heavy atom. The molecule has 5 rings (SSSR count). The number of aryl methyl sites for hydroxylation is 2. The lowest BCUT2D eigenvalue weighted by Crippen LogP contribution is -2.52. The molecule has 0 radical (unpaired) electrons. The Balaban J connectivity index is 1.19. The number of likely N-dealkylation sites (tertiary alicyclic amines) is 1. The van der Waals surface area contributed by atoms with E-state index in [0.717, 1.165) is 30.8 Å². The molecule has 2 aliphatic heterocycles. The van der Waals surface area contributed by atoms with E-state index in [2.05, 4.69) is 43.9 Å². The van der Waals surface area contributed by atoms with Crippen LogP contribution >= 0.6 is 0 Å². The van der Waals surface area contributed by atoms with Crippen molar-refractivity contribution in [2.75, 3.05) is 52.9 Å². The number of hydrogen-bond donors (Lipinski definition) is 0. The maximum Gasteiger partial charge on any atom is 0.449 e. The first-order valence-electron chi connectivity index (χ1n) is 13.5. The summed E-state index contributed by atoms with van der Waals surface area (Å²) in [5.41, 5.74) is 3.76. The van der Waals surface area contributed by atoms with Crippen molar-refractivity contribution < 1.29 is 13.2 Å². The molecule has 3 aromatic rings. The molecule has 1 aromatic carbocycles. The SMILES string of the molecule is Cc1cc(C)c2nc(C(F)(F)F)n(Cc3ccc(C=CCN4CCC(N5CCN(C)CC5)CC4)cc3)c2n1. The van der Waals surface area contributed by atoms with Gasteiger partial charge in [0.2, 0.25) is 5.82 Å².